The number of hydrogen-bond acceptors (Lipinski definition) is 5. The van der Waals surface area contributed by atoms with Crippen LogP contribution in [-0.2, 0) is 0 Å². The van der Waals surface area contributed by atoms with E-state index in [-0.39, 0.29) is 15.4 Å². The average Bonchev–Trinajstić information content (AvgIpc) is 2.47. The van der Waals surface area contributed by atoms with Crippen LogP contribution in [0.3, 0.4) is 0 Å². The van der Waals surface area contributed by atoms with Gasteiger partial charge in [0.15, 0.2) is 0 Å². The Labute approximate surface area is 123 Å². The van der Waals surface area contributed by atoms with Gasteiger partial charge >= 0.3 is 5.69 Å². The van der Waals surface area contributed by atoms with Gasteiger partial charge in [0.05, 0.1) is 4.92 Å². The Bertz CT molecular complexity index is 487. The molecule has 1 fully saturated rings. The standard InChI is InChI=1S/C14H21N3O2S/c1-11-8-12(17(18)19)13(15-9-11)16-10-14(20-2)6-4-3-5-7-14/h8-9H,3-7,10H2,1-2H3,(H,15,16). The lowest BCUT2D eigenvalue weighted by molar-refractivity contribution is -0.384. The number of hydrogen-bond donors (Lipinski definition) is 1. The van der Waals surface area contributed by atoms with Gasteiger partial charge < -0.3 is 5.32 Å². The van der Waals surface area contributed by atoms with Crippen LogP contribution in [0.4, 0.5) is 11.5 Å². The summed E-state index contributed by atoms with van der Waals surface area (Å²) in [5, 5.41) is 14.3. The zero-order valence-electron chi connectivity index (χ0n) is 12.0. The first-order valence-corrected chi connectivity index (χ1v) is 8.19. The molecule has 1 aromatic heterocycles. The van der Waals surface area contributed by atoms with Crippen LogP contribution < -0.4 is 5.32 Å². The van der Waals surface area contributed by atoms with Gasteiger partial charge in [-0.3, -0.25) is 10.1 Å². The number of rotatable bonds is 5. The molecule has 1 aliphatic carbocycles. The van der Waals surface area contributed by atoms with E-state index < -0.39 is 0 Å². The lowest BCUT2D eigenvalue weighted by atomic mass is 9.88. The SMILES string of the molecule is CSC1(CNc2ncc(C)cc2[N+](=O)[O-])CCCCC1. The van der Waals surface area contributed by atoms with E-state index in [9.17, 15) is 10.1 Å². The summed E-state index contributed by atoms with van der Waals surface area (Å²) in [5.41, 5.74) is 0.872. The van der Waals surface area contributed by atoms with Crippen LogP contribution in [0.1, 0.15) is 37.7 Å². The van der Waals surface area contributed by atoms with E-state index in [0.29, 0.717) is 5.82 Å². The van der Waals surface area contributed by atoms with Crippen molar-refractivity contribution >= 4 is 23.3 Å². The Hall–Kier alpha value is -1.30. The predicted molar refractivity (Wildman–Crippen MR) is 83.4 cm³/mol. The summed E-state index contributed by atoms with van der Waals surface area (Å²) >= 11 is 1.87. The first kappa shape index (κ1) is 15.1. The Kier molecular flexibility index (Phi) is 4.86. The smallest absolute Gasteiger partial charge is 0.311 e. The molecule has 20 heavy (non-hydrogen) atoms. The summed E-state index contributed by atoms with van der Waals surface area (Å²) < 4.78 is 0.193. The molecule has 0 unspecified atom stereocenters. The Morgan fingerprint density at radius 3 is 2.75 bits per heavy atom. The van der Waals surface area contributed by atoms with Gasteiger partial charge in [-0.2, -0.15) is 11.8 Å². The van der Waals surface area contributed by atoms with Crippen molar-refractivity contribution in [2.24, 2.45) is 0 Å². The highest BCUT2D eigenvalue weighted by Gasteiger charge is 2.31. The molecule has 0 atom stereocenters. The van der Waals surface area contributed by atoms with Gasteiger partial charge in [0.2, 0.25) is 5.82 Å². The first-order valence-electron chi connectivity index (χ1n) is 6.96. The third-order valence-corrected chi connectivity index (χ3v) is 5.40. The number of nitro groups is 1. The summed E-state index contributed by atoms with van der Waals surface area (Å²) in [6.07, 6.45) is 9.91. The Morgan fingerprint density at radius 1 is 1.45 bits per heavy atom. The Morgan fingerprint density at radius 2 is 2.15 bits per heavy atom. The minimum Gasteiger partial charge on any atom is -0.363 e. The molecule has 1 N–H and O–H groups in total. The van der Waals surface area contributed by atoms with E-state index in [0.717, 1.165) is 12.1 Å². The lowest BCUT2D eigenvalue weighted by Gasteiger charge is -2.35. The van der Waals surface area contributed by atoms with Crippen LogP contribution in [0.25, 0.3) is 0 Å². The van der Waals surface area contributed by atoms with Gasteiger partial charge in [-0.05, 0) is 31.6 Å². The quantitative estimate of drug-likeness (QED) is 0.661. The van der Waals surface area contributed by atoms with Crippen LogP contribution in [0, 0.1) is 17.0 Å². The molecule has 0 spiro atoms. The second-order valence-corrected chi connectivity index (χ2v) is 6.71. The van der Waals surface area contributed by atoms with Crippen molar-refractivity contribution < 1.29 is 4.92 Å². The summed E-state index contributed by atoms with van der Waals surface area (Å²) in [6.45, 7) is 2.55. The highest BCUT2D eigenvalue weighted by atomic mass is 32.2. The van der Waals surface area contributed by atoms with Gasteiger partial charge in [-0.1, -0.05) is 19.3 Å². The normalized spacial score (nSPS) is 17.7. The molecule has 0 aliphatic heterocycles. The van der Waals surface area contributed by atoms with Gasteiger partial charge in [0.25, 0.3) is 0 Å². The minimum absolute atomic E-state index is 0.0667. The topological polar surface area (TPSA) is 68.1 Å². The Balaban J connectivity index is 2.11. The number of thioether (sulfide) groups is 1. The van der Waals surface area contributed by atoms with Crippen molar-refractivity contribution in [2.45, 2.75) is 43.8 Å². The minimum atomic E-state index is -0.366. The van der Waals surface area contributed by atoms with E-state index in [1.54, 1.807) is 12.3 Å². The summed E-state index contributed by atoms with van der Waals surface area (Å²) in [7, 11) is 0. The van der Waals surface area contributed by atoms with E-state index in [2.05, 4.69) is 16.6 Å². The van der Waals surface area contributed by atoms with E-state index in [4.69, 9.17) is 0 Å². The van der Waals surface area contributed by atoms with Crippen molar-refractivity contribution in [3.8, 4) is 0 Å². The highest BCUT2D eigenvalue weighted by Crippen LogP contribution is 2.39. The van der Waals surface area contributed by atoms with E-state index in [1.165, 1.54) is 32.1 Å². The molecule has 5 nitrogen and oxygen atoms in total. The summed E-state index contributed by atoms with van der Waals surface area (Å²) in [6, 6.07) is 1.57. The molecular formula is C14H21N3O2S. The van der Waals surface area contributed by atoms with Crippen LogP contribution in [-0.4, -0.2) is 27.5 Å². The highest BCUT2D eigenvalue weighted by molar-refractivity contribution is 8.00. The van der Waals surface area contributed by atoms with Gasteiger partial charge in [0, 0.05) is 23.6 Å². The third kappa shape index (κ3) is 3.42. The second-order valence-electron chi connectivity index (χ2n) is 5.44. The van der Waals surface area contributed by atoms with Gasteiger partial charge in [-0.25, -0.2) is 4.98 Å². The summed E-state index contributed by atoms with van der Waals surface area (Å²) in [4.78, 5) is 14.9. The molecule has 0 amide bonds. The molecule has 110 valence electrons. The molecule has 0 bridgehead atoms. The maximum atomic E-state index is 11.1. The number of pyridine rings is 1. The fourth-order valence-corrected chi connectivity index (χ4v) is 3.64. The van der Waals surface area contributed by atoms with Crippen molar-refractivity contribution in [2.75, 3.05) is 18.1 Å². The molecule has 1 heterocycles. The average molecular weight is 295 g/mol. The van der Waals surface area contributed by atoms with Crippen molar-refractivity contribution in [3.05, 3.63) is 27.9 Å². The second kappa shape index (κ2) is 6.43. The van der Waals surface area contributed by atoms with Crippen molar-refractivity contribution in [1.82, 2.24) is 4.98 Å². The molecule has 6 heteroatoms. The maximum Gasteiger partial charge on any atom is 0.311 e. The number of aromatic nitrogens is 1. The predicted octanol–water partition coefficient (Wildman–Crippen LogP) is 3.78. The number of nitrogens with zero attached hydrogens (tertiary/aromatic N) is 2. The van der Waals surface area contributed by atoms with Crippen LogP contribution >= 0.6 is 11.8 Å². The fraction of sp³-hybridized carbons (Fsp3) is 0.643. The van der Waals surface area contributed by atoms with Crippen LogP contribution in [0.2, 0.25) is 0 Å². The van der Waals surface area contributed by atoms with Crippen molar-refractivity contribution in [1.29, 1.82) is 0 Å². The van der Waals surface area contributed by atoms with E-state index >= 15 is 0 Å². The number of nitrogens with one attached hydrogen (secondary N) is 1. The van der Waals surface area contributed by atoms with Gasteiger partial charge in [-0.15, -0.1) is 0 Å². The largest absolute Gasteiger partial charge is 0.363 e. The zero-order chi connectivity index (χ0) is 14.6. The van der Waals surface area contributed by atoms with Crippen LogP contribution in [0.15, 0.2) is 12.3 Å². The zero-order valence-corrected chi connectivity index (χ0v) is 12.8. The molecule has 2 rings (SSSR count). The van der Waals surface area contributed by atoms with Gasteiger partial charge in [0.1, 0.15) is 0 Å². The third-order valence-electron chi connectivity index (χ3n) is 3.98. The van der Waals surface area contributed by atoms with Crippen molar-refractivity contribution in [3.63, 3.8) is 0 Å². The van der Waals surface area contributed by atoms with E-state index in [1.807, 2.05) is 18.7 Å². The monoisotopic (exact) mass is 295 g/mol. The molecule has 0 aromatic carbocycles. The lowest BCUT2D eigenvalue weighted by Crippen LogP contribution is -2.35. The number of anilines is 1. The summed E-state index contributed by atoms with van der Waals surface area (Å²) in [5.74, 6) is 0.389. The molecular weight excluding hydrogens is 274 g/mol. The van der Waals surface area contributed by atoms with Crippen LogP contribution in [0.5, 0.6) is 0 Å². The fourth-order valence-electron chi connectivity index (χ4n) is 2.72. The molecule has 0 saturated heterocycles. The molecule has 1 saturated carbocycles. The number of aryl methyl sites for hydroxylation is 1. The maximum absolute atomic E-state index is 11.1. The molecule has 0 radical (unpaired) electrons. The first-order chi connectivity index (χ1) is 9.56. The molecule has 1 aliphatic rings. The molecule has 1 aromatic rings.